The molecular weight excluding hydrogens is 216 g/mol. The zero-order valence-electron chi connectivity index (χ0n) is 10.2. The summed E-state index contributed by atoms with van der Waals surface area (Å²) in [5.74, 6) is -0.0442. The molecule has 1 heterocycles. The molecule has 1 unspecified atom stereocenters. The molecule has 1 aliphatic rings. The average molecular weight is 234 g/mol. The summed E-state index contributed by atoms with van der Waals surface area (Å²) >= 11 is 0. The molecule has 0 aliphatic carbocycles. The van der Waals surface area contributed by atoms with Crippen LogP contribution in [0.15, 0.2) is 12.1 Å². The second kappa shape index (κ2) is 4.75. The lowest BCUT2D eigenvalue weighted by atomic mass is 10.0. The zero-order valence-corrected chi connectivity index (χ0v) is 10.2. The van der Waals surface area contributed by atoms with Gasteiger partial charge < -0.3 is 15.8 Å². The number of aryl methyl sites for hydroxylation is 1. The minimum absolute atomic E-state index is 0.00269. The van der Waals surface area contributed by atoms with Gasteiger partial charge in [-0.15, -0.1) is 0 Å². The Balaban J connectivity index is 2.17. The summed E-state index contributed by atoms with van der Waals surface area (Å²) in [7, 11) is 0. The van der Waals surface area contributed by atoms with Gasteiger partial charge in [-0.25, -0.2) is 0 Å². The fraction of sp³-hybridized carbons (Fsp3) is 0.462. The van der Waals surface area contributed by atoms with Crippen molar-refractivity contribution in [2.75, 3.05) is 24.3 Å². The first kappa shape index (κ1) is 11.9. The lowest BCUT2D eigenvalue weighted by Crippen LogP contribution is -2.24. The Kier molecular flexibility index (Phi) is 3.33. The molecule has 2 rings (SSSR count). The number of benzene rings is 1. The molecule has 1 amide bonds. The quantitative estimate of drug-likeness (QED) is 0.768. The van der Waals surface area contributed by atoms with Crippen LogP contribution in [0.3, 0.4) is 0 Å². The summed E-state index contributed by atoms with van der Waals surface area (Å²) in [5.41, 5.74) is 9.39. The number of rotatable bonds is 2. The molecule has 0 bridgehead atoms. The molecule has 4 nitrogen and oxygen atoms in total. The third kappa shape index (κ3) is 2.42. The Labute approximate surface area is 101 Å². The minimum Gasteiger partial charge on any atom is -0.397 e. The molecule has 0 spiro atoms. The van der Waals surface area contributed by atoms with Crippen LogP contribution >= 0.6 is 0 Å². The van der Waals surface area contributed by atoms with Gasteiger partial charge in [-0.05, 0) is 37.5 Å². The van der Waals surface area contributed by atoms with Gasteiger partial charge in [0.15, 0.2) is 0 Å². The number of nitrogen functional groups attached to an aromatic ring is 1. The van der Waals surface area contributed by atoms with E-state index in [4.69, 9.17) is 10.5 Å². The molecule has 1 aliphatic heterocycles. The van der Waals surface area contributed by atoms with Crippen LogP contribution in [0.2, 0.25) is 0 Å². The van der Waals surface area contributed by atoms with Gasteiger partial charge in [-0.1, -0.05) is 6.07 Å². The van der Waals surface area contributed by atoms with Crippen LogP contribution in [-0.4, -0.2) is 19.1 Å². The highest BCUT2D eigenvalue weighted by atomic mass is 16.5. The summed E-state index contributed by atoms with van der Waals surface area (Å²) in [6.45, 7) is 5.15. The number of amides is 1. The Bertz CT molecular complexity index is 437. The lowest BCUT2D eigenvalue weighted by Gasteiger charge is -2.15. The SMILES string of the molecule is Cc1ccc(N)c(NC(=O)C2CCOC2)c1C. The van der Waals surface area contributed by atoms with Crippen molar-refractivity contribution in [2.45, 2.75) is 20.3 Å². The van der Waals surface area contributed by atoms with Crippen molar-refractivity contribution in [3.63, 3.8) is 0 Å². The van der Waals surface area contributed by atoms with E-state index in [1.807, 2.05) is 26.0 Å². The van der Waals surface area contributed by atoms with E-state index in [0.717, 1.165) is 23.2 Å². The zero-order chi connectivity index (χ0) is 12.4. The first-order valence-corrected chi connectivity index (χ1v) is 5.84. The summed E-state index contributed by atoms with van der Waals surface area (Å²) < 4.78 is 5.21. The van der Waals surface area contributed by atoms with Crippen LogP contribution in [0, 0.1) is 19.8 Å². The fourth-order valence-corrected chi connectivity index (χ4v) is 1.97. The van der Waals surface area contributed by atoms with Crippen LogP contribution in [0.4, 0.5) is 11.4 Å². The van der Waals surface area contributed by atoms with Crippen LogP contribution in [0.1, 0.15) is 17.5 Å². The van der Waals surface area contributed by atoms with E-state index in [1.165, 1.54) is 0 Å². The Morgan fingerprint density at radius 3 is 2.88 bits per heavy atom. The first-order chi connectivity index (χ1) is 8.09. The maximum absolute atomic E-state index is 12.0. The summed E-state index contributed by atoms with van der Waals surface area (Å²) in [6.07, 6.45) is 0.788. The Morgan fingerprint density at radius 1 is 1.47 bits per heavy atom. The number of carbonyl (C=O) groups excluding carboxylic acids is 1. The maximum atomic E-state index is 12.0. The van der Waals surface area contributed by atoms with Gasteiger partial charge in [-0.3, -0.25) is 4.79 Å². The van der Waals surface area contributed by atoms with E-state index < -0.39 is 0 Å². The van der Waals surface area contributed by atoms with Gasteiger partial charge in [0.05, 0.1) is 23.9 Å². The van der Waals surface area contributed by atoms with Gasteiger partial charge >= 0.3 is 0 Å². The molecule has 17 heavy (non-hydrogen) atoms. The smallest absolute Gasteiger partial charge is 0.229 e. The van der Waals surface area contributed by atoms with Crippen LogP contribution in [0.25, 0.3) is 0 Å². The highest BCUT2D eigenvalue weighted by Crippen LogP contribution is 2.27. The van der Waals surface area contributed by atoms with Crippen molar-refractivity contribution in [1.82, 2.24) is 0 Å². The van der Waals surface area contributed by atoms with Gasteiger partial charge in [0, 0.05) is 6.61 Å². The molecule has 1 aromatic rings. The first-order valence-electron chi connectivity index (χ1n) is 5.84. The highest BCUT2D eigenvalue weighted by molar-refractivity contribution is 5.96. The molecule has 0 aromatic heterocycles. The average Bonchev–Trinajstić information content (AvgIpc) is 2.83. The van der Waals surface area contributed by atoms with E-state index in [0.29, 0.717) is 18.9 Å². The topological polar surface area (TPSA) is 64.3 Å². The molecule has 1 atom stereocenters. The molecular formula is C13H18N2O2. The van der Waals surface area contributed by atoms with Crippen molar-refractivity contribution in [1.29, 1.82) is 0 Å². The molecule has 92 valence electrons. The lowest BCUT2D eigenvalue weighted by molar-refractivity contribution is -0.119. The number of ether oxygens (including phenoxy) is 1. The second-order valence-corrected chi connectivity index (χ2v) is 4.52. The summed E-state index contributed by atoms with van der Waals surface area (Å²) in [6, 6.07) is 3.78. The van der Waals surface area contributed by atoms with Crippen LogP contribution in [0.5, 0.6) is 0 Å². The molecule has 3 N–H and O–H groups in total. The van der Waals surface area contributed by atoms with E-state index in [1.54, 1.807) is 0 Å². The van der Waals surface area contributed by atoms with Gasteiger partial charge in [0.25, 0.3) is 0 Å². The fourth-order valence-electron chi connectivity index (χ4n) is 1.97. The van der Waals surface area contributed by atoms with Crippen molar-refractivity contribution in [2.24, 2.45) is 5.92 Å². The number of carbonyl (C=O) groups is 1. The van der Waals surface area contributed by atoms with Crippen molar-refractivity contribution < 1.29 is 9.53 Å². The second-order valence-electron chi connectivity index (χ2n) is 4.52. The number of nitrogens with two attached hydrogens (primary N) is 1. The maximum Gasteiger partial charge on any atom is 0.229 e. The largest absolute Gasteiger partial charge is 0.397 e. The van der Waals surface area contributed by atoms with Crippen LogP contribution < -0.4 is 11.1 Å². The monoisotopic (exact) mass is 234 g/mol. The van der Waals surface area contributed by atoms with E-state index >= 15 is 0 Å². The number of nitrogens with one attached hydrogen (secondary N) is 1. The number of hydrogen-bond acceptors (Lipinski definition) is 3. The molecule has 0 saturated carbocycles. The predicted molar refractivity (Wildman–Crippen MR) is 67.9 cm³/mol. The van der Waals surface area contributed by atoms with E-state index in [2.05, 4.69) is 5.32 Å². The predicted octanol–water partition coefficient (Wildman–Crippen LogP) is 1.86. The van der Waals surface area contributed by atoms with Crippen molar-refractivity contribution in [3.05, 3.63) is 23.3 Å². The van der Waals surface area contributed by atoms with Crippen molar-refractivity contribution in [3.8, 4) is 0 Å². The van der Waals surface area contributed by atoms with E-state index in [9.17, 15) is 4.79 Å². The van der Waals surface area contributed by atoms with Gasteiger partial charge in [0.2, 0.25) is 5.91 Å². The molecule has 1 fully saturated rings. The summed E-state index contributed by atoms with van der Waals surface area (Å²) in [4.78, 5) is 12.0. The molecule has 0 radical (unpaired) electrons. The standard InChI is InChI=1S/C13H18N2O2/c1-8-3-4-11(14)12(9(8)2)15-13(16)10-5-6-17-7-10/h3-4,10H,5-7,14H2,1-2H3,(H,15,16). The highest BCUT2D eigenvalue weighted by Gasteiger charge is 2.24. The normalized spacial score (nSPS) is 19.3. The van der Waals surface area contributed by atoms with Gasteiger partial charge in [0.1, 0.15) is 0 Å². The Morgan fingerprint density at radius 2 is 2.24 bits per heavy atom. The molecule has 1 saturated heterocycles. The number of hydrogen-bond donors (Lipinski definition) is 2. The third-order valence-electron chi connectivity index (χ3n) is 3.32. The van der Waals surface area contributed by atoms with Crippen LogP contribution in [-0.2, 0) is 9.53 Å². The minimum atomic E-state index is -0.0469. The molecule has 1 aromatic carbocycles. The van der Waals surface area contributed by atoms with Gasteiger partial charge in [-0.2, -0.15) is 0 Å². The Hall–Kier alpha value is -1.55. The van der Waals surface area contributed by atoms with E-state index in [-0.39, 0.29) is 11.8 Å². The number of anilines is 2. The summed E-state index contributed by atoms with van der Waals surface area (Å²) in [5, 5.41) is 2.92. The molecule has 4 heteroatoms. The third-order valence-corrected chi connectivity index (χ3v) is 3.32. The van der Waals surface area contributed by atoms with Crippen molar-refractivity contribution >= 4 is 17.3 Å².